The minimum absolute atomic E-state index is 0.0554. The van der Waals surface area contributed by atoms with E-state index in [2.05, 4.69) is 11.9 Å². The van der Waals surface area contributed by atoms with E-state index in [0.717, 1.165) is 64.2 Å². The van der Waals surface area contributed by atoms with Crippen molar-refractivity contribution in [2.45, 2.75) is 130 Å². The Balaban J connectivity index is 2.13. The van der Waals surface area contributed by atoms with Gasteiger partial charge >= 0.3 is 11.7 Å². The molecule has 40 heavy (non-hydrogen) atoms. The number of hydrogen-bond acceptors (Lipinski definition) is 6. The van der Waals surface area contributed by atoms with E-state index in [1.165, 1.54) is 48.6 Å². The Kier molecular flexibility index (Phi) is 14.2. The SMILES string of the molecule is CCCCCCCCN(C(C)=O)C(CCCCCCCCC(C)OC(C)=O)n1c(=O)c2c(ncn2C)n(C)c1=O. The van der Waals surface area contributed by atoms with Crippen molar-refractivity contribution >= 4 is 23.0 Å². The van der Waals surface area contributed by atoms with Gasteiger partial charge in [-0.3, -0.25) is 19.0 Å². The molecular formula is C30H51N5O5. The van der Waals surface area contributed by atoms with E-state index in [9.17, 15) is 19.2 Å². The molecule has 0 aliphatic rings. The molecule has 1 amide bonds. The van der Waals surface area contributed by atoms with Crippen molar-refractivity contribution in [3.05, 3.63) is 27.2 Å². The zero-order valence-corrected chi connectivity index (χ0v) is 25.6. The number of nitrogens with zero attached hydrogens (tertiary/aromatic N) is 5. The number of carbonyl (C=O) groups is 2. The van der Waals surface area contributed by atoms with Gasteiger partial charge in [0.25, 0.3) is 5.56 Å². The van der Waals surface area contributed by atoms with Crippen molar-refractivity contribution in [3.63, 3.8) is 0 Å². The molecule has 0 spiro atoms. The third-order valence-corrected chi connectivity index (χ3v) is 7.65. The lowest BCUT2D eigenvalue weighted by atomic mass is 10.1. The highest BCUT2D eigenvalue weighted by molar-refractivity contribution is 5.73. The minimum atomic E-state index is -0.636. The molecule has 2 rings (SSSR count). The highest BCUT2D eigenvalue weighted by atomic mass is 16.5. The van der Waals surface area contributed by atoms with E-state index in [4.69, 9.17) is 4.74 Å². The van der Waals surface area contributed by atoms with Gasteiger partial charge in [-0.05, 0) is 39.0 Å². The summed E-state index contributed by atoms with van der Waals surface area (Å²) in [6.45, 7) is 7.59. The zero-order valence-electron chi connectivity index (χ0n) is 25.6. The summed E-state index contributed by atoms with van der Waals surface area (Å²) in [5.41, 5.74) is -0.143. The number of esters is 1. The smallest absolute Gasteiger partial charge is 0.334 e. The van der Waals surface area contributed by atoms with E-state index in [0.29, 0.717) is 24.1 Å². The van der Waals surface area contributed by atoms with E-state index < -0.39 is 17.4 Å². The first-order valence-corrected chi connectivity index (χ1v) is 15.2. The quantitative estimate of drug-likeness (QED) is 0.172. The van der Waals surface area contributed by atoms with Gasteiger partial charge in [-0.15, -0.1) is 0 Å². The van der Waals surface area contributed by atoms with Crippen molar-refractivity contribution in [3.8, 4) is 0 Å². The second kappa shape index (κ2) is 17.0. The van der Waals surface area contributed by atoms with Gasteiger partial charge in [-0.25, -0.2) is 14.3 Å². The van der Waals surface area contributed by atoms with Gasteiger partial charge in [0.2, 0.25) is 5.91 Å². The number of hydrogen-bond donors (Lipinski definition) is 0. The number of ether oxygens (including phenoxy) is 1. The number of imidazole rings is 1. The standard InChI is InChI=1S/C30H51N5O5/c1-7-8-9-10-15-18-21-34(24(3)36)26(20-17-14-12-11-13-16-19-23(2)40-25(4)37)35-29(38)27-28(31-22-32(27)5)33(6)30(35)39/h22-23,26H,7-21H2,1-6H3. The number of carbonyl (C=O) groups excluding carboxylic acids is 2. The molecule has 10 heteroatoms. The largest absolute Gasteiger partial charge is 0.463 e. The van der Waals surface area contributed by atoms with Crippen LogP contribution in [0.4, 0.5) is 0 Å². The number of amides is 1. The van der Waals surface area contributed by atoms with Crippen molar-refractivity contribution < 1.29 is 14.3 Å². The first-order valence-electron chi connectivity index (χ1n) is 15.2. The molecule has 226 valence electrons. The van der Waals surface area contributed by atoms with Crippen LogP contribution in [0.3, 0.4) is 0 Å². The third-order valence-electron chi connectivity index (χ3n) is 7.65. The predicted octanol–water partition coefficient (Wildman–Crippen LogP) is 5.21. The molecule has 0 aliphatic heterocycles. The maximum atomic E-state index is 13.6. The van der Waals surface area contributed by atoms with Gasteiger partial charge in [0, 0.05) is 34.5 Å². The van der Waals surface area contributed by atoms with Crippen molar-refractivity contribution in [2.24, 2.45) is 14.1 Å². The molecule has 0 aliphatic carbocycles. The predicted molar refractivity (Wildman–Crippen MR) is 158 cm³/mol. The number of rotatable bonds is 19. The van der Waals surface area contributed by atoms with Gasteiger partial charge in [-0.1, -0.05) is 64.7 Å². The monoisotopic (exact) mass is 561 g/mol. The molecule has 10 nitrogen and oxygen atoms in total. The molecule has 0 saturated heterocycles. The molecule has 0 fully saturated rings. The zero-order chi connectivity index (χ0) is 29.7. The number of aryl methyl sites for hydroxylation is 2. The van der Waals surface area contributed by atoms with Crippen LogP contribution in [-0.2, 0) is 28.4 Å². The Morgan fingerprint density at radius 2 is 1.48 bits per heavy atom. The van der Waals surface area contributed by atoms with Crippen LogP contribution in [0.1, 0.15) is 124 Å². The average Bonchev–Trinajstić information content (AvgIpc) is 3.28. The molecule has 0 aromatic carbocycles. The highest BCUT2D eigenvalue weighted by Crippen LogP contribution is 2.22. The van der Waals surface area contributed by atoms with Crippen LogP contribution in [0.5, 0.6) is 0 Å². The summed E-state index contributed by atoms with van der Waals surface area (Å²) in [5, 5.41) is 0. The molecule has 2 aromatic heterocycles. The molecule has 0 saturated carbocycles. The summed E-state index contributed by atoms with van der Waals surface area (Å²) in [6.07, 6.45) is 14.7. The molecule has 0 bridgehead atoms. The van der Waals surface area contributed by atoms with E-state index >= 15 is 0 Å². The Hall–Kier alpha value is -2.91. The molecule has 2 aromatic rings. The molecule has 0 radical (unpaired) electrons. The fourth-order valence-electron chi connectivity index (χ4n) is 5.44. The molecule has 0 N–H and O–H groups in total. The number of unbranched alkanes of at least 4 members (excludes halogenated alkanes) is 10. The van der Waals surface area contributed by atoms with Crippen LogP contribution >= 0.6 is 0 Å². The van der Waals surface area contributed by atoms with Crippen LogP contribution < -0.4 is 11.2 Å². The van der Waals surface area contributed by atoms with Gasteiger partial charge in [-0.2, -0.15) is 0 Å². The Labute approximate surface area is 238 Å². The van der Waals surface area contributed by atoms with Crippen LogP contribution in [-0.4, -0.2) is 48.1 Å². The van der Waals surface area contributed by atoms with Crippen LogP contribution in [0, 0.1) is 0 Å². The summed E-state index contributed by atoms with van der Waals surface area (Å²) in [6, 6.07) is 0. The Morgan fingerprint density at radius 3 is 2.08 bits per heavy atom. The lowest BCUT2D eigenvalue weighted by Crippen LogP contribution is -2.49. The normalized spacial score (nSPS) is 12.9. The summed E-state index contributed by atoms with van der Waals surface area (Å²) < 4.78 is 9.50. The van der Waals surface area contributed by atoms with Gasteiger partial charge in [0.1, 0.15) is 6.17 Å². The summed E-state index contributed by atoms with van der Waals surface area (Å²) in [4.78, 5) is 57.0. The molecular weight excluding hydrogens is 510 g/mol. The Bertz CT molecular complexity index is 1200. The second-order valence-electron chi connectivity index (χ2n) is 11.1. The third kappa shape index (κ3) is 9.63. The van der Waals surface area contributed by atoms with Gasteiger partial charge < -0.3 is 14.2 Å². The lowest BCUT2D eigenvalue weighted by molar-refractivity contribution is -0.145. The highest BCUT2D eigenvalue weighted by Gasteiger charge is 2.27. The second-order valence-corrected chi connectivity index (χ2v) is 11.1. The summed E-state index contributed by atoms with van der Waals surface area (Å²) >= 11 is 0. The van der Waals surface area contributed by atoms with Gasteiger partial charge in [0.05, 0.1) is 12.4 Å². The van der Waals surface area contributed by atoms with Crippen molar-refractivity contribution in [1.29, 1.82) is 0 Å². The van der Waals surface area contributed by atoms with E-state index in [1.807, 2.05) is 6.92 Å². The first kappa shape index (κ1) is 33.3. The maximum absolute atomic E-state index is 13.6. The van der Waals surface area contributed by atoms with E-state index in [-0.39, 0.29) is 18.0 Å². The lowest BCUT2D eigenvalue weighted by Gasteiger charge is -2.32. The van der Waals surface area contributed by atoms with Crippen LogP contribution in [0.25, 0.3) is 11.2 Å². The average molecular weight is 562 g/mol. The first-order chi connectivity index (χ1) is 19.1. The van der Waals surface area contributed by atoms with Crippen LogP contribution in [0.2, 0.25) is 0 Å². The fraction of sp³-hybridized carbons (Fsp3) is 0.767. The van der Waals surface area contributed by atoms with Crippen LogP contribution in [0.15, 0.2) is 15.9 Å². The van der Waals surface area contributed by atoms with Gasteiger partial charge in [0.15, 0.2) is 11.2 Å². The van der Waals surface area contributed by atoms with Crippen molar-refractivity contribution in [1.82, 2.24) is 23.6 Å². The summed E-state index contributed by atoms with van der Waals surface area (Å²) in [7, 11) is 3.37. The molecule has 2 atom stereocenters. The number of aromatic nitrogens is 4. The van der Waals surface area contributed by atoms with E-state index in [1.54, 1.807) is 23.6 Å². The maximum Gasteiger partial charge on any atom is 0.334 e. The number of fused-ring (bicyclic) bond motifs is 1. The fourth-order valence-corrected chi connectivity index (χ4v) is 5.44. The van der Waals surface area contributed by atoms with Crippen molar-refractivity contribution in [2.75, 3.05) is 6.54 Å². The Morgan fingerprint density at radius 1 is 0.900 bits per heavy atom. The molecule has 2 heterocycles. The molecule has 2 unspecified atom stereocenters. The summed E-state index contributed by atoms with van der Waals surface area (Å²) in [5.74, 6) is -0.367. The topological polar surface area (TPSA) is 108 Å². The minimum Gasteiger partial charge on any atom is -0.463 e.